The molecule has 0 aliphatic carbocycles. The molecule has 1 N–H and O–H groups in total. The van der Waals surface area contributed by atoms with E-state index in [-0.39, 0.29) is 5.91 Å². The van der Waals surface area contributed by atoms with Crippen molar-refractivity contribution >= 4 is 17.7 Å². The number of benzene rings is 2. The Balaban J connectivity index is 1.30. The predicted molar refractivity (Wildman–Crippen MR) is 131 cm³/mol. The van der Waals surface area contributed by atoms with E-state index >= 15 is 0 Å². The van der Waals surface area contributed by atoms with Gasteiger partial charge in [-0.3, -0.25) is 9.36 Å². The highest BCUT2D eigenvalue weighted by Crippen LogP contribution is 2.30. The SMILES string of the molecule is COc1ccc(-n2c(SCc3ccc(C(=O)NCc4ccco4)cc3)nnc2-c2ccco2)cc1. The summed E-state index contributed by atoms with van der Waals surface area (Å²) >= 11 is 1.55. The van der Waals surface area contributed by atoms with E-state index < -0.39 is 0 Å². The molecule has 8 nitrogen and oxygen atoms in total. The lowest BCUT2D eigenvalue weighted by atomic mass is 10.1. The maximum absolute atomic E-state index is 12.4. The van der Waals surface area contributed by atoms with Gasteiger partial charge in [-0.25, -0.2) is 0 Å². The van der Waals surface area contributed by atoms with Crippen molar-refractivity contribution in [1.82, 2.24) is 20.1 Å². The minimum absolute atomic E-state index is 0.150. The Labute approximate surface area is 205 Å². The molecule has 0 aliphatic heterocycles. The lowest BCUT2D eigenvalue weighted by molar-refractivity contribution is 0.0948. The van der Waals surface area contributed by atoms with E-state index in [9.17, 15) is 4.79 Å². The Morgan fingerprint density at radius 3 is 2.43 bits per heavy atom. The summed E-state index contributed by atoms with van der Waals surface area (Å²) < 4.78 is 18.1. The summed E-state index contributed by atoms with van der Waals surface area (Å²) in [6.07, 6.45) is 3.20. The first-order valence-corrected chi connectivity index (χ1v) is 11.9. The quantitative estimate of drug-likeness (QED) is 0.281. The van der Waals surface area contributed by atoms with Crippen LogP contribution in [0.3, 0.4) is 0 Å². The zero-order chi connectivity index (χ0) is 24.0. The number of ether oxygens (including phenoxy) is 1. The molecule has 5 rings (SSSR count). The Hall–Kier alpha value is -4.24. The fraction of sp³-hybridized carbons (Fsp3) is 0.115. The first-order chi connectivity index (χ1) is 17.2. The average Bonchev–Trinajstić information content (AvgIpc) is 3.68. The Morgan fingerprint density at radius 2 is 1.74 bits per heavy atom. The molecule has 1 amide bonds. The zero-order valence-electron chi connectivity index (χ0n) is 18.9. The van der Waals surface area contributed by atoms with Gasteiger partial charge in [0.2, 0.25) is 5.82 Å². The normalized spacial score (nSPS) is 10.9. The number of thioether (sulfide) groups is 1. The van der Waals surface area contributed by atoms with E-state index in [0.29, 0.717) is 35.2 Å². The third-order valence-corrected chi connectivity index (χ3v) is 6.29. The fourth-order valence-corrected chi connectivity index (χ4v) is 4.38. The van der Waals surface area contributed by atoms with E-state index in [2.05, 4.69) is 15.5 Å². The van der Waals surface area contributed by atoms with Crippen LogP contribution in [0.25, 0.3) is 17.3 Å². The monoisotopic (exact) mass is 486 g/mol. The van der Waals surface area contributed by atoms with Crippen molar-refractivity contribution in [2.24, 2.45) is 0 Å². The number of methoxy groups -OCH3 is 1. The standard InChI is InChI=1S/C26H22N4O4S/c1-32-21-12-10-20(11-13-21)30-24(23-5-3-15-34-23)28-29-26(30)35-17-18-6-8-19(9-7-18)25(31)27-16-22-4-2-14-33-22/h2-15H,16-17H2,1H3,(H,27,31). The van der Waals surface area contributed by atoms with Crippen LogP contribution >= 0.6 is 11.8 Å². The number of nitrogens with one attached hydrogen (secondary N) is 1. The van der Waals surface area contributed by atoms with Crippen LogP contribution in [0.2, 0.25) is 0 Å². The maximum Gasteiger partial charge on any atom is 0.251 e. The minimum atomic E-state index is -0.150. The summed E-state index contributed by atoms with van der Waals surface area (Å²) in [4.78, 5) is 12.4. The number of aromatic nitrogens is 3. The molecule has 3 aromatic heterocycles. The van der Waals surface area contributed by atoms with Gasteiger partial charge >= 0.3 is 0 Å². The van der Waals surface area contributed by atoms with Gasteiger partial charge in [-0.1, -0.05) is 23.9 Å². The minimum Gasteiger partial charge on any atom is -0.497 e. The van der Waals surface area contributed by atoms with Gasteiger partial charge in [0.05, 0.1) is 31.9 Å². The van der Waals surface area contributed by atoms with Crippen LogP contribution in [-0.2, 0) is 12.3 Å². The molecule has 0 atom stereocenters. The Morgan fingerprint density at radius 1 is 0.971 bits per heavy atom. The largest absolute Gasteiger partial charge is 0.497 e. The number of carbonyl (C=O) groups excluding carboxylic acids is 1. The third-order valence-electron chi connectivity index (χ3n) is 5.29. The number of hydrogen-bond donors (Lipinski definition) is 1. The van der Waals surface area contributed by atoms with Crippen LogP contribution in [0.5, 0.6) is 5.75 Å². The second kappa shape index (κ2) is 10.4. The van der Waals surface area contributed by atoms with Gasteiger partial charge in [-0.2, -0.15) is 0 Å². The van der Waals surface area contributed by atoms with Gasteiger partial charge in [0.1, 0.15) is 11.5 Å². The zero-order valence-corrected chi connectivity index (χ0v) is 19.7. The van der Waals surface area contributed by atoms with Crippen LogP contribution in [0, 0.1) is 0 Å². The van der Waals surface area contributed by atoms with Gasteiger partial charge in [-0.05, 0) is 66.2 Å². The Bertz CT molecular complexity index is 1380. The molecule has 0 saturated carbocycles. The topological polar surface area (TPSA) is 95.3 Å². The second-order valence-corrected chi connectivity index (χ2v) is 8.51. The molecule has 3 heterocycles. The van der Waals surface area contributed by atoms with Gasteiger partial charge in [0.15, 0.2) is 10.9 Å². The van der Waals surface area contributed by atoms with Crippen LogP contribution < -0.4 is 10.1 Å². The summed E-state index contributed by atoms with van der Waals surface area (Å²) in [6.45, 7) is 0.350. The fourth-order valence-electron chi connectivity index (χ4n) is 3.48. The molecule has 0 unspecified atom stereocenters. The van der Waals surface area contributed by atoms with Crippen molar-refractivity contribution in [3.8, 4) is 23.0 Å². The molecule has 0 bridgehead atoms. The van der Waals surface area contributed by atoms with Crippen molar-refractivity contribution in [3.63, 3.8) is 0 Å². The molecule has 0 spiro atoms. The summed E-state index contributed by atoms with van der Waals surface area (Å²) in [6, 6.07) is 22.5. The number of nitrogens with zero attached hydrogens (tertiary/aromatic N) is 3. The van der Waals surface area contributed by atoms with Crippen LogP contribution in [0.4, 0.5) is 0 Å². The summed E-state index contributed by atoms with van der Waals surface area (Å²) in [5, 5.41) is 12.4. The first-order valence-electron chi connectivity index (χ1n) is 10.9. The molecule has 0 radical (unpaired) electrons. The predicted octanol–water partition coefficient (Wildman–Crippen LogP) is 5.35. The van der Waals surface area contributed by atoms with Crippen molar-refractivity contribution in [2.45, 2.75) is 17.5 Å². The number of hydrogen-bond acceptors (Lipinski definition) is 7. The van der Waals surface area contributed by atoms with Crippen molar-refractivity contribution in [2.75, 3.05) is 7.11 Å². The summed E-state index contributed by atoms with van der Waals surface area (Å²) in [5.41, 5.74) is 2.54. The maximum atomic E-state index is 12.4. The molecule has 9 heteroatoms. The van der Waals surface area contributed by atoms with E-state index in [1.807, 2.05) is 71.3 Å². The van der Waals surface area contributed by atoms with E-state index in [0.717, 1.165) is 22.2 Å². The number of amides is 1. The molecule has 2 aromatic carbocycles. The van der Waals surface area contributed by atoms with Crippen LogP contribution in [0.15, 0.2) is 99.3 Å². The average molecular weight is 487 g/mol. The molecular formula is C26H22N4O4S. The molecule has 35 heavy (non-hydrogen) atoms. The van der Waals surface area contributed by atoms with Crippen molar-refractivity contribution < 1.29 is 18.4 Å². The molecule has 0 saturated heterocycles. The summed E-state index contributed by atoms with van der Waals surface area (Å²) in [7, 11) is 1.64. The highest BCUT2D eigenvalue weighted by atomic mass is 32.2. The number of furan rings is 2. The van der Waals surface area contributed by atoms with Gasteiger partial charge in [0.25, 0.3) is 5.91 Å². The summed E-state index contributed by atoms with van der Waals surface area (Å²) in [5.74, 6) is 3.23. The highest BCUT2D eigenvalue weighted by molar-refractivity contribution is 7.98. The lowest BCUT2D eigenvalue weighted by Crippen LogP contribution is -2.22. The molecule has 5 aromatic rings. The second-order valence-electron chi connectivity index (χ2n) is 7.56. The van der Waals surface area contributed by atoms with E-state index in [1.165, 1.54) is 0 Å². The molecular weight excluding hydrogens is 464 g/mol. The number of carbonyl (C=O) groups is 1. The molecule has 176 valence electrons. The third kappa shape index (κ3) is 5.15. The van der Waals surface area contributed by atoms with Crippen LogP contribution in [0.1, 0.15) is 21.7 Å². The van der Waals surface area contributed by atoms with Crippen molar-refractivity contribution in [3.05, 3.63) is 102 Å². The highest BCUT2D eigenvalue weighted by Gasteiger charge is 2.18. The lowest BCUT2D eigenvalue weighted by Gasteiger charge is -2.10. The van der Waals surface area contributed by atoms with Crippen molar-refractivity contribution in [1.29, 1.82) is 0 Å². The van der Waals surface area contributed by atoms with E-state index in [4.69, 9.17) is 13.6 Å². The van der Waals surface area contributed by atoms with Gasteiger partial charge in [0, 0.05) is 11.3 Å². The first kappa shape index (κ1) is 22.5. The van der Waals surface area contributed by atoms with Gasteiger partial charge < -0.3 is 18.9 Å². The smallest absolute Gasteiger partial charge is 0.251 e. The number of rotatable bonds is 9. The Kier molecular flexibility index (Phi) is 6.67. The van der Waals surface area contributed by atoms with Crippen LogP contribution in [-0.4, -0.2) is 27.8 Å². The molecule has 0 aliphatic rings. The van der Waals surface area contributed by atoms with E-state index in [1.54, 1.807) is 37.5 Å². The van der Waals surface area contributed by atoms with Gasteiger partial charge in [-0.15, -0.1) is 10.2 Å². The molecule has 0 fully saturated rings.